The molecular weight excluding hydrogens is 467 g/mol. The molecule has 1 fully saturated rings. The lowest BCUT2D eigenvalue weighted by atomic mass is 10.1. The lowest BCUT2D eigenvalue weighted by Gasteiger charge is -2.44. The van der Waals surface area contributed by atoms with E-state index in [4.69, 9.17) is 21.1 Å². The summed E-state index contributed by atoms with van der Waals surface area (Å²) in [6.45, 7) is 8.59. The van der Waals surface area contributed by atoms with Crippen molar-refractivity contribution in [3.63, 3.8) is 0 Å². The Morgan fingerprint density at radius 3 is 2.79 bits per heavy atom. The Hall–Kier alpha value is -1.87. The summed E-state index contributed by atoms with van der Waals surface area (Å²) < 4.78 is 26.4. The van der Waals surface area contributed by atoms with Crippen molar-refractivity contribution in [3.05, 3.63) is 21.6 Å². The van der Waals surface area contributed by atoms with Gasteiger partial charge in [-0.1, -0.05) is 11.6 Å². The van der Waals surface area contributed by atoms with Crippen molar-refractivity contribution in [1.82, 2.24) is 14.9 Å². The maximum absolute atomic E-state index is 14.8. The zero-order valence-electron chi connectivity index (χ0n) is 16.5. The standard InChI is InChI=1S/C19H21BrClFN4O3/c1-9-5-26-10(6-25(9)18(27)29-19(2,3)4)7-28-16-11-15(23-8-24-17(11)26)14(22)12(20)13(16)21/h8-10H,5-7H2,1-4H3/t9-,10+/m1/s1. The molecule has 2 aromatic rings. The molecule has 0 N–H and O–H groups in total. The molecule has 1 aromatic heterocycles. The Morgan fingerprint density at radius 1 is 1.38 bits per heavy atom. The minimum absolute atomic E-state index is 0.106. The van der Waals surface area contributed by atoms with Crippen molar-refractivity contribution >= 4 is 50.3 Å². The van der Waals surface area contributed by atoms with E-state index in [1.165, 1.54) is 6.33 Å². The summed E-state index contributed by atoms with van der Waals surface area (Å²) in [5.41, 5.74) is -0.440. The molecule has 1 aromatic carbocycles. The molecule has 1 saturated heterocycles. The molecule has 0 unspecified atom stereocenters. The summed E-state index contributed by atoms with van der Waals surface area (Å²) in [5.74, 6) is 0.341. The van der Waals surface area contributed by atoms with Crippen molar-refractivity contribution in [2.75, 3.05) is 24.6 Å². The number of halogens is 3. The summed E-state index contributed by atoms with van der Waals surface area (Å²) in [6, 6.07) is -0.328. The molecule has 0 saturated carbocycles. The molecule has 7 nitrogen and oxygen atoms in total. The minimum atomic E-state index is -0.583. The van der Waals surface area contributed by atoms with Crippen LogP contribution in [-0.2, 0) is 4.74 Å². The second kappa shape index (κ2) is 7.12. The highest BCUT2D eigenvalue weighted by molar-refractivity contribution is 9.10. The maximum atomic E-state index is 14.8. The molecule has 2 atom stereocenters. The van der Waals surface area contributed by atoms with E-state index < -0.39 is 11.4 Å². The van der Waals surface area contributed by atoms with Gasteiger partial charge in [0.1, 0.15) is 34.9 Å². The monoisotopic (exact) mass is 486 g/mol. The normalized spacial score (nSPS) is 21.5. The zero-order valence-corrected chi connectivity index (χ0v) is 18.8. The van der Waals surface area contributed by atoms with Crippen molar-refractivity contribution in [3.8, 4) is 5.75 Å². The second-order valence-electron chi connectivity index (χ2n) is 8.29. The number of benzene rings is 1. The molecule has 0 radical (unpaired) electrons. The summed E-state index contributed by atoms with van der Waals surface area (Å²) in [4.78, 5) is 24.9. The van der Waals surface area contributed by atoms with Gasteiger partial charge in [0.05, 0.1) is 15.9 Å². The predicted molar refractivity (Wildman–Crippen MR) is 111 cm³/mol. The van der Waals surface area contributed by atoms with E-state index in [2.05, 4.69) is 25.9 Å². The van der Waals surface area contributed by atoms with E-state index in [0.29, 0.717) is 30.0 Å². The fraction of sp³-hybridized carbons (Fsp3) is 0.526. The Balaban J connectivity index is 1.75. The summed E-state index contributed by atoms with van der Waals surface area (Å²) in [6.07, 6.45) is 0.962. The molecule has 2 aliphatic heterocycles. The maximum Gasteiger partial charge on any atom is 0.410 e. The first-order valence-corrected chi connectivity index (χ1v) is 10.5. The van der Waals surface area contributed by atoms with E-state index in [1.54, 1.807) is 4.90 Å². The van der Waals surface area contributed by atoms with Gasteiger partial charge < -0.3 is 19.3 Å². The van der Waals surface area contributed by atoms with Crippen molar-refractivity contribution in [2.45, 2.75) is 45.4 Å². The van der Waals surface area contributed by atoms with E-state index >= 15 is 0 Å². The number of carbonyl (C=O) groups is 1. The van der Waals surface area contributed by atoms with Crippen LogP contribution in [0.15, 0.2) is 10.8 Å². The van der Waals surface area contributed by atoms with Crippen LogP contribution < -0.4 is 9.64 Å². The predicted octanol–water partition coefficient (Wildman–Crippen LogP) is 4.39. The molecule has 10 heteroatoms. The molecule has 1 amide bonds. The van der Waals surface area contributed by atoms with Crippen LogP contribution in [0.25, 0.3) is 10.9 Å². The third-order valence-electron chi connectivity index (χ3n) is 5.01. The quantitative estimate of drug-likeness (QED) is 0.514. The molecule has 3 heterocycles. The fourth-order valence-electron chi connectivity index (χ4n) is 3.71. The van der Waals surface area contributed by atoms with Crippen molar-refractivity contribution < 1.29 is 18.7 Å². The highest BCUT2D eigenvalue weighted by Crippen LogP contribution is 2.46. The number of anilines is 1. The van der Waals surface area contributed by atoms with Crippen LogP contribution in [0.1, 0.15) is 27.7 Å². The van der Waals surface area contributed by atoms with Gasteiger partial charge in [0.2, 0.25) is 0 Å². The first-order chi connectivity index (χ1) is 13.6. The molecule has 156 valence electrons. The molecule has 0 spiro atoms. The number of rotatable bonds is 0. The third kappa shape index (κ3) is 3.48. The van der Waals surface area contributed by atoms with Crippen LogP contribution in [0.5, 0.6) is 5.75 Å². The van der Waals surface area contributed by atoms with E-state index in [0.717, 1.165) is 0 Å². The molecule has 4 rings (SSSR count). The second-order valence-corrected chi connectivity index (χ2v) is 9.46. The van der Waals surface area contributed by atoms with Crippen LogP contribution in [0.2, 0.25) is 5.02 Å². The van der Waals surface area contributed by atoms with Crippen LogP contribution >= 0.6 is 27.5 Å². The van der Waals surface area contributed by atoms with Crippen molar-refractivity contribution in [2.24, 2.45) is 0 Å². The van der Waals surface area contributed by atoms with Gasteiger partial charge in [-0.15, -0.1) is 0 Å². The van der Waals surface area contributed by atoms with Gasteiger partial charge in [0, 0.05) is 19.1 Å². The van der Waals surface area contributed by atoms with E-state index in [-0.39, 0.29) is 39.8 Å². The van der Waals surface area contributed by atoms with Crippen LogP contribution in [0.4, 0.5) is 15.0 Å². The van der Waals surface area contributed by atoms with Gasteiger partial charge in [0.15, 0.2) is 11.6 Å². The van der Waals surface area contributed by atoms with Gasteiger partial charge in [-0.25, -0.2) is 19.2 Å². The minimum Gasteiger partial charge on any atom is -0.489 e. The topological polar surface area (TPSA) is 67.8 Å². The number of nitrogens with zero attached hydrogens (tertiary/aromatic N) is 4. The number of ether oxygens (including phenoxy) is 2. The van der Waals surface area contributed by atoms with E-state index in [9.17, 15) is 9.18 Å². The van der Waals surface area contributed by atoms with Crippen LogP contribution in [0, 0.1) is 5.82 Å². The van der Waals surface area contributed by atoms with Crippen LogP contribution in [-0.4, -0.2) is 58.3 Å². The van der Waals surface area contributed by atoms with Crippen LogP contribution in [0.3, 0.4) is 0 Å². The summed E-state index contributed by atoms with van der Waals surface area (Å²) in [7, 11) is 0. The smallest absolute Gasteiger partial charge is 0.410 e. The number of aromatic nitrogens is 2. The number of hydrogen-bond acceptors (Lipinski definition) is 6. The lowest BCUT2D eigenvalue weighted by molar-refractivity contribution is 0.0109. The SMILES string of the molecule is C[C@@H]1CN2c3ncnc4c(F)c(Br)c(Cl)c(c34)OC[C@@H]2CN1C(=O)OC(C)(C)C. The van der Waals surface area contributed by atoms with Crippen molar-refractivity contribution in [1.29, 1.82) is 0 Å². The Morgan fingerprint density at radius 2 is 2.10 bits per heavy atom. The summed E-state index contributed by atoms with van der Waals surface area (Å²) >= 11 is 9.54. The molecule has 0 aliphatic carbocycles. The third-order valence-corrected chi connectivity index (χ3v) is 6.34. The fourth-order valence-corrected chi connectivity index (χ4v) is 4.31. The van der Waals surface area contributed by atoms with Gasteiger partial charge in [-0.2, -0.15) is 0 Å². The van der Waals surface area contributed by atoms with Gasteiger partial charge in [0.25, 0.3) is 0 Å². The van der Waals surface area contributed by atoms with E-state index in [1.807, 2.05) is 32.6 Å². The number of carbonyl (C=O) groups excluding carboxylic acids is 1. The van der Waals surface area contributed by atoms with Gasteiger partial charge >= 0.3 is 6.09 Å². The molecule has 0 bridgehead atoms. The number of fused-ring (bicyclic) bond motifs is 2. The Bertz CT molecular complexity index is 1000. The Labute approximate surface area is 181 Å². The highest BCUT2D eigenvalue weighted by atomic mass is 79.9. The zero-order chi connectivity index (χ0) is 21.1. The first kappa shape index (κ1) is 20.4. The number of hydrogen-bond donors (Lipinski definition) is 0. The average Bonchev–Trinajstić information content (AvgIpc) is 2.80. The Kier molecular flexibility index (Phi) is 5.01. The number of amides is 1. The average molecular weight is 488 g/mol. The largest absolute Gasteiger partial charge is 0.489 e. The van der Waals surface area contributed by atoms with Gasteiger partial charge in [-0.05, 0) is 43.6 Å². The number of piperazine rings is 1. The summed E-state index contributed by atoms with van der Waals surface area (Å²) in [5, 5.41) is 0.585. The molecular formula is C19H21BrClFN4O3. The first-order valence-electron chi connectivity index (χ1n) is 9.28. The highest BCUT2D eigenvalue weighted by Gasteiger charge is 2.40. The molecule has 29 heavy (non-hydrogen) atoms. The molecule has 2 aliphatic rings. The van der Waals surface area contributed by atoms with Gasteiger partial charge in [-0.3, -0.25) is 0 Å². The lowest BCUT2D eigenvalue weighted by Crippen LogP contribution is -2.61.